The van der Waals surface area contributed by atoms with E-state index in [-0.39, 0.29) is 11.3 Å². The van der Waals surface area contributed by atoms with Gasteiger partial charge in [-0.3, -0.25) is 9.59 Å². The number of rotatable bonds is 2. The second-order valence-electron chi connectivity index (χ2n) is 4.03. The molecule has 1 heterocycles. The zero-order valence-electron chi connectivity index (χ0n) is 9.86. The van der Waals surface area contributed by atoms with Gasteiger partial charge in [0.1, 0.15) is 5.69 Å². The number of carbonyl (C=O) groups is 1. The number of amides is 1. The Morgan fingerprint density at radius 3 is 2.65 bits per heavy atom. The van der Waals surface area contributed by atoms with Gasteiger partial charge in [-0.15, -0.1) is 0 Å². The van der Waals surface area contributed by atoms with Gasteiger partial charge in [0.05, 0.1) is 0 Å². The molecule has 0 atom stereocenters. The Labute approximate surface area is 98.7 Å². The monoisotopic (exact) mass is 230 g/mol. The highest BCUT2D eigenvalue weighted by molar-refractivity contribution is 5.95. The predicted octanol–water partition coefficient (Wildman–Crippen LogP) is 1.43. The SMILES string of the molecule is CCn1c(C(N)=O)cc2ccc(C)cc2c1=O. The van der Waals surface area contributed by atoms with Gasteiger partial charge in [0, 0.05) is 11.9 Å². The lowest BCUT2D eigenvalue weighted by Crippen LogP contribution is -2.28. The average molecular weight is 230 g/mol. The van der Waals surface area contributed by atoms with Crippen molar-refractivity contribution in [2.45, 2.75) is 20.4 Å². The highest BCUT2D eigenvalue weighted by Gasteiger charge is 2.11. The molecule has 0 aliphatic heterocycles. The molecule has 0 saturated carbocycles. The van der Waals surface area contributed by atoms with E-state index in [1.807, 2.05) is 32.0 Å². The highest BCUT2D eigenvalue weighted by Crippen LogP contribution is 2.14. The van der Waals surface area contributed by atoms with Gasteiger partial charge < -0.3 is 10.3 Å². The van der Waals surface area contributed by atoms with Crippen molar-refractivity contribution in [1.82, 2.24) is 4.57 Å². The van der Waals surface area contributed by atoms with Gasteiger partial charge in [-0.25, -0.2) is 0 Å². The first-order valence-electron chi connectivity index (χ1n) is 5.48. The molecule has 2 aromatic rings. The number of hydrogen-bond donors (Lipinski definition) is 1. The van der Waals surface area contributed by atoms with Crippen LogP contribution >= 0.6 is 0 Å². The van der Waals surface area contributed by atoms with Crippen LogP contribution < -0.4 is 11.3 Å². The van der Waals surface area contributed by atoms with E-state index in [1.165, 1.54) is 4.57 Å². The molecule has 0 bridgehead atoms. The molecular weight excluding hydrogens is 216 g/mol. The van der Waals surface area contributed by atoms with Crippen molar-refractivity contribution in [3.63, 3.8) is 0 Å². The molecule has 1 aromatic heterocycles. The molecule has 0 unspecified atom stereocenters. The van der Waals surface area contributed by atoms with Crippen molar-refractivity contribution in [1.29, 1.82) is 0 Å². The van der Waals surface area contributed by atoms with Gasteiger partial charge in [-0.1, -0.05) is 17.7 Å². The van der Waals surface area contributed by atoms with Crippen LogP contribution in [0.2, 0.25) is 0 Å². The van der Waals surface area contributed by atoms with E-state index in [4.69, 9.17) is 5.73 Å². The van der Waals surface area contributed by atoms with Crippen molar-refractivity contribution < 1.29 is 4.79 Å². The number of benzene rings is 1. The molecule has 2 N–H and O–H groups in total. The number of fused-ring (bicyclic) bond motifs is 1. The topological polar surface area (TPSA) is 65.1 Å². The number of primary amides is 1. The van der Waals surface area contributed by atoms with Crippen molar-refractivity contribution >= 4 is 16.7 Å². The van der Waals surface area contributed by atoms with Gasteiger partial charge in [0.25, 0.3) is 11.5 Å². The molecule has 4 nitrogen and oxygen atoms in total. The molecular formula is C13H14N2O2. The minimum Gasteiger partial charge on any atom is -0.364 e. The summed E-state index contributed by atoms with van der Waals surface area (Å²) in [5.41, 5.74) is 6.39. The lowest BCUT2D eigenvalue weighted by Gasteiger charge is -2.10. The second-order valence-corrected chi connectivity index (χ2v) is 4.03. The summed E-state index contributed by atoms with van der Waals surface area (Å²) >= 11 is 0. The van der Waals surface area contributed by atoms with E-state index in [9.17, 15) is 9.59 Å². The summed E-state index contributed by atoms with van der Waals surface area (Å²) in [7, 11) is 0. The van der Waals surface area contributed by atoms with Crippen LogP contribution in [0.4, 0.5) is 0 Å². The van der Waals surface area contributed by atoms with Crippen LogP contribution in [0.15, 0.2) is 29.1 Å². The van der Waals surface area contributed by atoms with Crippen molar-refractivity contribution in [3.05, 3.63) is 45.9 Å². The predicted molar refractivity (Wildman–Crippen MR) is 67.1 cm³/mol. The number of hydrogen-bond acceptors (Lipinski definition) is 2. The Kier molecular flexibility index (Phi) is 2.71. The largest absolute Gasteiger partial charge is 0.364 e. The standard InChI is InChI=1S/C13H14N2O2/c1-3-15-11(12(14)16)7-9-5-4-8(2)6-10(9)13(15)17/h4-7H,3H2,1-2H3,(H2,14,16). The summed E-state index contributed by atoms with van der Waals surface area (Å²) < 4.78 is 1.41. The maximum Gasteiger partial charge on any atom is 0.265 e. The normalized spacial score (nSPS) is 10.7. The quantitative estimate of drug-likeness (QED) is 0.848. The first-order chi connectivity index (χ1) is 8.04. The van der Waals surface area contributed by atoms with Crippen LogP contribution in [0.1, 0.15) is 23.0 Å². The van der Waals surface area contributed by atoms with Crippen LogP contribution in [0, 0.1) is 6.92 Å². The highest BCUT2D eigenvalue weighted by atomic mass is 16.2. The molecule has 2 rings (SSSR count). The molecule has 0 saturated heterocycles. The maximum absolute atomic E-state index is 12.2. The Hall–Kier alpha value is -2.10. The minimum atomic E-state index is -0.577. The summed E-state index contributed by atoms with van der Waals surface area (Å²) in [5.74, 6) is -0.577. The van der Waals surface area contributed by atoms with Crippen molar-refractivity contribution in [3.8, 4) is 0 Å². The van der Waals surface area contributed by atoms with Crippen LogP contribution in [0.3, 0.4) is 0 Å². The lowest BCUT2D eigenvalue weighted by atomic mass is 10.1. The lowest BCUT2D eigenvalue weighted by molar-refractivity contribution is 0.0990. The molecule has 0 aliphatic rings. The van der Waals surface area contributed by atoms with Crippen LogP contribution in [-0.2, 0) is 6.54 Å². The number of aryl methyl sites for hydroxylation is 1. The molecule has 0 spiro atoms. The van der Waals surface area contributed by atoms with Gasteiger partial charge in [0.15, 0.2) is 0 Å². The van der Waals surface area contributed by atoms with E-state index >= 15 is 0 Å². The Morgan fingerprint density at radius 2 is 2.06 bits per heavy atom. The summed E-state index contributed by atoms with van der Waals surface area (Å²) in [6.45, 7) is 4.17. The fourth-order valence-corrected chi connectivity index (χ4v) is 1.98. The zero-order chi connectivity index (χ0) is 12.6. The second kappa shape index (κ2) is 4.05. The maximum atomic E-state index is 12.2. The first kappa shape index (κ1) is 11.4. The number of carbonyl (C=O) groups excluding carboxylic acids is 1. The van der Waals surface area contributed by atoms with Crippen molar-refractivity contribution in [2.75, 3.05) is 0 Å². The van der Waals surface area contributed by atoms with Gasteiger partial charge in [0.2, 0.25) is 0 Å². The summed E-state index contributed by atoms with van der Waals surface area (Å²) in [5, 5.41) is 1.37. The molecule has 17 heavy (non-hydrogen) atoms. The zero-order valence-corrected chi connectivity index (χ0v) is 9.86. The van der Waals surface area contributed by atoms with Gasteiger partial charge in [-0.05, 0) is 31.4 Å². The van der Waals surface area contributed by atoms with Crippen LogP contribution in [0.5, 0.6) is 0 Å². The fraction of sp³-hybridized carbons (Fsp3) is 0.231. The fourth-order valence-electron chi connectivity index (χ4n) is 1.98. The Bertz CT molecular complexity index is 656. The molecule has 1 amide bonds. The Morgan fingerprint density at radius 1 is 1.35 bits per heavy atom. The van der Waals surface area contributed by atoms with Gasteiger partial charge >= 0.3 is 0 Å². The van der Waals surface area contributed by atoms with E-state index in [0.717, 1.165) is 10.9 Å². The third-order valence-electron chi connectivity index (χ3n) is 2.84. The summed E-state index contributed by atoms with van der Waals surface area (Å²) in [4.78, 5) is 23.5. The van der Waals surface area contributed by atoms with Crippen LogP contribution in [-0.4, -0.2) is 10.5 Å². The molecule has 0 aliphatic carbocycles. The first-order valence-corrected chi connectivity index (χ1v) is 5.48. The number of aromatic nitrogens is 1. The number of nitrogens with two attached hydrogens (primary N) is 1. The Balaban J connectivity index is 2.93. The summed E-state index contributed by atoms with van der Waals surface area (Å²) in [6.07, 6.45) is 0. The van der Waals surface area contributed by atoms with Crippen molar-refractivity contribution in [2.24, 2.45) is 5.73 Å². The molecule has 1 aromatic carbocycles. The minimum absolute atomic E-state index is 0.164. The molecule has 88 valence electrons. The van der Waals surface area contributed by atoms with E-state index in [0.29, 0.717) is 11.9 Å². The van der Waals surface area contributed by atoms with E-state index in [2.05, 4.69) is 0 Å². The van der Waals surface area contributed by atoms with E-state index in [1.54, 1.807) is 6.07 Å². The summed E-state index contributed by atoms with van der Waals surface area (Å²) in [6, 6.07) is 7.23. The van der Waals surface area contributed by atoms with Gasteiger partial charge in [-0.2, -0.15) is 0 Å². The number of nitrogens with zero attached hydrogens (tertiary/aromatic N) is 1. The molecule has 0 fully saturated rings. The third kappa shape index (κ3) is 1.82. The molecule has 0 radical (unpaired) electrons. The van der Waals surface area contributed by atoms with Crippen LogP contribution in [0.25, 0.3) is 10.8 Å². The smallest absolute Gasteiger partial charge is 0.265 e. The molecule has 4 heteroatoms. The van der Waals surface area contributed by atoms with E-state index < -0.39 is 5.91 Å². The number of pyridine rings is 1. The average Bonchev–Trinajstić information content (AvgIpc) is 2.29. The third-order valence-corrected chi connectivity index (χ3v) is 2.84.